The van der Waals surface area contributed by atoms with Gasteiger partial charge in [0.25, 0.3) is 0 Å². The average Bonchev–Trinajstić information content (AvgIpc) is 2.44. The van der Waals surface area contributed by atoms with Crippen LogP contribution in [0.3, 0.4) is 0 Å². The molecule has 1 amide bonds. The molecule has 0 aromatic heterocycles. The van der Waals surface area contributed by atoms with Gasteiger partial charge in [0.15, 0.2) is 0 Å². The smallest absolute Gasteiger partial charge is 0.458 e. The number of ether oxygens (including phenoxy) is 1. The van der Waals surface area contributed by atoms with Crippen LogP contribution >= 0.6 is 23.2 Å². The Balaban J connectivity index is 2.58. The fourth-order valence-electron chi connectivity index (χ4n) is 1.46. The summed E-state index contributed by atoms with van der Waals surface area (Å²) in [5, 5.41) is 3.21. The van der Waals surface area contributed by atoms with Crippen LogP contribution in [0.2, 0.25) is 10.0 Å². The number of nitrogens with one attached hydrogen (secondary N) is 1. The number of hydrogen-bond acceptors (Lipinski definition) is 3. The number of halogens is 5. The van der Waals surface area contributed by atoms with Gasteiger partial charge in [-0.05, 0) is 31.5 Å². The number of esters is 1. The van der Waals surface area contributed by atoms with Crippen molar-refractivity contribution in [3.05, 3.63) is 33.8 Å². The van der Waals surface area contributed by atoms with E-state index < -0.39 is 30.1 Å². The van der Waals surface area contributed by atoms with Gasteiger partial charge in [0, 0.05) is 6.54 Å². The molecular weight excluding hydrogens is 358 g/mol. The summed E-state index contributed by atoms with van der Waals surface area (Å²) < 4.78 is 40.3. The van der Waals surface area contributed by atoms with Crippen molar-refractivity contribution in [1.82, 2.24) is 5.32 Å². The minimum absolute atomic E-state index is 0.104. The number of carbonyl (C=O) groups excluding carboxylic acids is 2. The van der Waals surface area contributed by atoms with Gasteiger partial charge >= 0.3 is 12.1 Å². The lowest BCUT2D eigenvalue weighted by atomic mass is 9.93. The monoisotopic (exact) mass is 371 g/mol. The zero-order valence-corrected chi connectivity index (χ0v) is 13.8. The van der Waals surface area contributed by atoms with Gasteiger partial charge in [-0.15, -0.1) is 0 Å². The van der Waals surface area contributed by atoms with E-state index in [0.29, 0.717) is 15.6 Å². The van der Waals surface area contributed by atoms with E-state index in [4.69, 9.17) is 23.2 Å². The van der Waals surface area contributed by atoms with Gasteiger partial charge in [-0.2, -0.15) is 13.2 Å². The molecule has 0 aliphatic heterocycles. The number of amides is 1. The Morgan fingerprint density at radius 1 is 1.17 bits per heavy atom. The van der Waals surface area contributed by atoms with Crippen LogP contribution in [0.15, 0.2) is 18.2 Å². The molecule has 1 aromatic carbocycles. The molecule has 4 nitrogen and oxygen atoms in total. The molecule has 9 heteroatoms. The van der Waals surface area contributed by atoms with Crippen molar-refractivity contribution < 1.29 is 27.5 Å². The van der Waals surface area contributed by atoms with Crippen molar-refractivity contribution in [3.8, 4) is 0 Å². The SMILES string of the molecule is CC(C)(COC(=O)C(F)(F)F)C(=O)NCc1ccc(Cl)c(Cl)c1. The van der Waals surface area contributed by atoms with Gasteiger partial charge in [0.1, 0.15) is 6.61 Å². The normalized spacial score (nSPS) is 12.0. The molecular formula is C14H14Cl2F3NO3. The van der Waals surface area contributed by atoms with E-state index >= 15 is 0 Å². The topological polar surface area (TPSA) is 55.4 Å². The molecule has 0 radical (unpaired) electrons. The van der Waals surface area contributed by atoms with Gasteiger partial charge < -0.3 is 10.1 Å². The molecule has 1 rings (SSSR count). The van der Waals surface area contributed by atoms with Gasteiger partial charge in [-0.25, -0.2) is 4.79 Å². The van der Waals surface area contributed by atoms with Crippen LogP contribution in [0.4, 0.5) is 13.2 Å². The highest BCUT2D eigenvalue weighted by Crippen LogP contribution is 2.23. The Bertz CT molecular complexity index is 603. The second-order valence-electron chi connectivity index (χ2n) is 5.39. The van der Waals surface area contributed by atoms with Crippen molar-refractivity contribution in [2.24, 2.45) is 5.41 Å². The maximum absolute atomic E-state index is 12.1. The standard InChI is InChI=1S/C14H14Cl2F3NO3/c1-13(2,7-23-12(22)14(17,18)19)11(21)20-6-8-3-4-9(15)10(16)5-8/h3-5H,6-7H2,1-2H3,(H,20,21). The Morgan fingerprint density at radius 2 is 1.78 bits per heavy atom. The summed E-state index contributed by atoms with van der Waals surface area (Å²) in [6.45, 7) is 2.13. The van der Waals surface area contributed by atoms with E-state index in [9.17, 15) is 22.8 Å². The lowest BCUT2D eigenvalue weighted by molar-refractivity contribution is -0.202. The predicted molar refractivity (Wildman–Crippen MR) is 79.1 cm³/mol. The first-order chi connectivity index (χ1) is 10.4. The molecule has 0 fully saturated rings. The summed E-state index contributed by atoms with van der Waals surface area (Å²) in [5.41, 5.74) is -0.659. The summed E-state index contributed by atoms with van der Waals surface area (Å²) >= 11 is 11.6. The highest BCUT2D eigenvalue weighted by molar-refractivity contribution is 6.42. The van der Waals surface area contributed by atoms with E-state index in [-0.39, 0.29) is 6.54 Å². The highest BCUT2D eigenvalue weighted by Gasteiger charge is 2.42. The molecule has 1 N–H and O–H groups in total. The van der Waals surface area contributed by atoms with Crippen molar-refractivity contribution in [2.75, 3.05) is 6.61 Å². The fourth-order valence-corrected chi connectivity index (χ4v) is 1.79. The first kappa shape index (κ1) is 19.6. The third-order valence-corrected chi connectivity index (χ3v) is 3.59. The van der Waals surface area contributed by atoms with Gasteiger partial charge in [-0.3, -0.25) is 4.79 Å². The number of rotatable bonds is 5. The van der Waals surface area contributed by atoms with Crippen molar-refractivity contribution in [3.63, 3.8) is 0 Å². The van der Waals surface area contributed by atoms with E-state index in [1.54, 1.807) is 18.2 Å². The Hall–Kier alpha value is -1.47. The number of benzene rings is 1. The van der Waals surface area contributed by atoms with Crippen LogP contribution in [0.25, 0.3) is 0 Å². The summed E-state index contributed by atoms with van der Waals surface area (Å²) in [6.07, 6.45) is -5.09. The Morgan fingerprint density at radius 3 is 2.30 bits per heavy atom. The quantitative estimate of drug-likeness (QED) is 0.802. The molecule has 23 heavy (non-hydrogen) atoms. The van der Waals surface area contributed by atoms with E-state index in [1.165, 1.54) is 13.8 Å². The zero-order valence-electron chi connectivity index (χ0n) is 12.3. The van der Waals surface area contributed by atoms with E-state index in [2.05, 4.69) is 10.1 Å². The second-order valence-corrected chi connectivity index (χ2v) is 6.20. The molecule has 1 aromatic rings. The number of carbonyl (C=O) groups is 2. The van der Waals surface area contributed by atoms with Crippen LogP contribution in [0.5, 0.6) is 0 Å². The Labute approximate surface area is 140 Å². The van der Waals surface area contributed by atoms with Crippen LogP contribution in [-0.2, 0) is 20.9 Å². The predicted octanol–water partition coefficient (Wildman–Crippen LogP) is 3.74. The third-order valence-electron chi connectivity index (χ3n) is 2.85. The first-order valence-corrected chi connectivity index (χ1v) is 7.15. The van der Waals surface area contributed by atoms with Crippen LogP contribution in [-0.4, -0.2) is 24.7 Å². The van der Waals surface area contributed by atoms with Gasteiger partial charge in [-0.1, -0.05) is 29.3 Å². The summed E-state index contributed by atoms with van der Waals surface area (Å²) in [4.78, 5) is 22.7. The lowest BCUT2D eigenvalue weighted by Crippen LogP contribution is -2.41. The van der Waals surface area contributed by atoms with E-state index in [1.807, 2.05) is 0 Å². The molecule has 0 saturated carbocycles. The second kappa shape index (κ2) is 7.40. The maximum atomic E-state index is 12.1. The molecule has 0 spiro atoms. The van der Waals surface area contributed by atoms with E-state index in [0.717, 1.165) is 0 Å². The summed E-state index contributed by atoms with van der Waals surface area (Å²) in [7, 11) is 0. The Kier molecular flexibility index (Phi) is 6.30. The van der Waals surface area contributed by atoms with Crippen LogP contribution < -0.4 is 5.32 Å². The molecule has 128 valence electrons. The molecule has 0 bridgehead atoms. The van der Waals surface area contributed by atoms with Crippen molar-refractivity contribution in [1.29, 1.82) is 0 Å². The average molecular weight is 372 g/mol. The third kappa shape index (κ3) is 5.91. The molecule has 0 aliphatic carbocycles. The lowest BCUT2D eigenvalue weighted by Gasteiger charge is -2.23. The minimum Gasteiger partial charge on any atom is -0.458 e. The highest BCUT2D eigenvalue weighted by atomic mass is 35.5. The number of alkyl halides is 3. The van der Waals surface area contributed by atoms with Crippen LogP contribution in [0.1, 0.15) is 19.4 Å². The van der Waals surface area contributed by atoms with Crippen LogP contribution in [0, 0.1) is 5.41 Å². The summed E-state index contributed by atoms with van der Waals surface area (Å²) in [5.74, 6) is -2.90. The molecule has 0 heterocycles. The number of hydrogen-bond donors (Lipinski definition) is 1. The minimum atomic E-state index is -5.09. The summed E-state index contributed by atoms with van der Waals surface area (Å²) in [6, 6.07) is 4.76. The molecule has 0 saturated heterocycles. The van der Waals surface area contributed by atoms with Gasteiger partial charge in [0.05, 0.1) is 15.5 Å². The van der Waals surface area contributed by atoms with Gasteiger partial charge in [0.2, 0.25) is 5.91 Å². The first-order valence-electron chi connectivity index (χ1n) is 6.39. The van der Waals surface area contributed by atoms with Crippen molar-refractivity contribution in [2.45, 2.75) is 26.6 Å². The zero-order chi connectivity index (χ0) is 17.8. The largest absolute Gasteiger partial charge is 0.490 e. The maximum Gasteiger partial charge on any atom is 0.490 e. The van der Waals surface area contributed by atoms with Crippen molar-refractivity contribution >= 4 is 35.1 Å². The fraction of sp³-hybridized carbons (Fsp3) is 0.429. The molecule has 0 atom stereocenters. The molecule has 0 aliphatic rings. The molecule has 0 unspecified atom stereocenters.